The van der Waals surface area contributed by atoms with Crippen molar-refractivity contribution < 1.29 is 18.0 Å². The van der Waals surface area contributed by atoms with Crippen LogP contribution >= 0.6 is 0 Å². The maximum absolute atomic E-state index is 12.8. The van der Waals surface area contributed by atoms with Crippen molar-refractivity contribution in [2.24, 2.45) is 0 Å². The van der Waals surface area contributed by atoms with E-state index in [9.17, 15) is 18.0 Å². The highest BCUT2D eigenvalue weighted by Crippen LogP contribution is 2.32. The van der Waals surface area contributed by atoms with E-state index in [1.807, 2.05) is 53.1 Å². The van der Waals surface area contributed by atoms with Crippen molar-refractivity contribution in [2.75, 3.05) is 0 Å². The van der Waals surface area contributed by atoms with E-state index in [2.05, 4.69) is 0 Å². The second-order valence-corrected chi connectivity index (χ2v) is 5.75. The van der Waals surface area contributed by atoms with Crippen molar-refractivity contribution in [1.82, 2.24) is 4.57 Å². The molecule has 0 aliphatic carbocycles. The summed E-state index contributed by atoms with van der Waals surface area (Å²) in [5.41, 5.74) is 1.90. The third-order valence-corrected chi connectivity index (χ3v) is 4.20. The van der Waals surface area contributed by atoms with Crippen molar-refractivity contribution in [2.45, 2.75) is 6.18 Å². The Bertz CT molecular complexity index is 1060. The van der Waals surface area contributed by atoms with Gasteiger partial charge in [0, 0.05) is 22.0 Å². The smallest absolute Gasteiger partial charge is 0.309 e. The van der Waals surface area contributed by atoms with Crippen LogP contribution in [-0.2, 0) is 0 Å². The molecule has 4 rings (SSSR count). The number of rotatable bonds is 2. The summed E-state index contributed by atoms with van der Waals surface area (Å²) in [6.45, 7) is 0. The molecule has 0 spiro atoms. The van der Waals surface area contributed by atoms with Gasteiger partial charge >= 0.3 is 6.18 Å². The molecule has 3 aromatic carbocycles. The zero-order valence-electron chi connectivity index (χ0n) is 12.9. The molecule has 0 N–H and O–H groups in total. The molecule has 0 radical (unpaired) electrons. The van der Waals surface area contributed by atoms with Crippen LogP contribution in [0.3, 0.4) is 0 Å². The van der Waals surface area contributed by atoms with Crippen molar-refractivity contribution >= 4 is 27.6 Å². The van der Waals surface area contributed by atoms with Gasteiger partial charge in [-0.3, -0.25) is 4.79 Å². The van der Waals surface area contributed by atoms with Gasteiger partial charge in [0.1, 0.15) is 0 Å². The molecule has 0 amide bonds. The van der Waals surface area contributed by atoms with Gasteiger partial charge in [-0.15, -0.1) is 0 Å². The summed E-state index contributed by atoms with van der Waals surface area (Å²) in [6, 6.07) is 21.0. The molecule has 0 bridgehead atoms. The number of benzene rings is 3. The molecule has 2 nitrogen and oxygen atoms in total. The van der Waals surface area contributed by atoms with Gasteiger partial charge in [0.05, 0.1) is 11.0 Å². The van der Waals surface area contributed by atoms with Crippen molar-refractivity contribution in [3.63, 3.8) is 0 Å². The van der Waals surface area contributed by atoms with Gasteiger partial charge in [-0.1, -0.05) is 48.5 Å². The van der Waals surface area contributed by atoms with Crippen LogP contribution in [0.15, 0.2) is 72.8 Å². The van der Waals surface area contributed by atoms with Gasteiger partial charge in [0.2, 0.25) is 0 Å². The first-order valence-electron chi connectivity index (χ1n) is 7.67. The van der Waals surface area contributed by atoms with E-state index in [4.69, 9.17) is 0 Å². The fraction of sp³-hybridized carbons (Fsp3) is 0.0500. The van der Waals surface area contributed by atoms with Gasteiger partial charge in [0.15, 0.2) is 0 Å². The minimum absolute atomic E-state index is 0.369. The molecule has 25 heavy (non-hydrogen) atoms. The topological polar surface area (TPSA) is 22.0 Å². The highest BCUT2D eigenvalue weighted by Gasteiger charge is 2.39. The molecule has 0 fully saturated rings. The Morgan fingerprint density at radius 3 is 1.88 bits per heavy atom. The minimum atomic E-state index is -4.89. The molecule has 1 heterocycles. The number of ketones is 1. The molecule has 0 saturated carbocycles. The average Bonchev–Trinajstić information content (AvgIpc) is 2.95. The number of aromatic nitrogens is 1. The quantitative estimate of drug-likeness (QED) is 0.440. The predicted octanol–water partition coefficient (Wildman–Crippen LogP) is 5.53. The van der Waals surface area contributed by atoms with E-state index in [0.29, 0.717) is 5.69 Å². The van der Waals surface area contributed by atoms with E-state index in [-0.39, 0.29) is 5.56 Å². The molecule has 0 atom stereocenters. The molecule has 5 heteroatoms. The summed E-state index contributed by atoms with van der Waals surface area (Å²) < 4.78 is 40.1. The van der Waals surface area contributed by atoms with Crippen LogP contribution < -0.4 is 0 Å². The van der Waals surface area contributed by atoms with Crippen molar-refractivity contribution in [3.8, 4) is 5.69 Å². The highest BCUT2D eigenvalue weighted by molar-refractivity contribution is 6.09. The first-order chi connectivity index (χ1) is 12.0. The van der Waals surface area contributed by atoms with Gasteiger partial charge in [-0.25, -0.2) is 0 Å². The van der Waals surface area contributed by atoms with Crippen LogP contribution in [0.1, 0.15) is 10.4 Å². The summed E-state index contributed by atoms with van der Waals surface area (Å²) in [7, 11) is 0. The molecule has 0 aliphatic rings. The number of carbonyl (C=O) groups excluding carboxylic acids is 1. The number of para-hydroxylation sites is 2. The van der Waals surface area contributed by atoms with E-state index < -0.39 is 12.0 Å². The summed E-state index contributed by atoms with van der Waals surface area (Å²) in [4.78, 5) is 11.6. The fourth-order valence-electron chi connectivity index (χ4n) is 3.15. The molecule has 0 aliphatic heterocycles. The minimum Gasteiger partial charge on any atom is -0.309 e. The maximum Gasteiger partial charge on any atom is 0.454 e. The molecule has 4 aromatic rings. The summed E-state index contributed by atoms with van der Waals surface area (Å²) in [6.07, 6.45) is -4.89. The van der Waals surface area contributed by atoms with Gasteiger partial charge in [0.25, 0.3) is 5.78 Å². The largest absolute Gasteiger partial charge is 0.454 e. The van der Waals surface area contributed by atoms with E-state index in [1.165, 1.54) is 18.2 Å². The zero-order valence-corrected chi connectivity index (χ0v) is 12.9. The molecule has 124 valence electrons. The van der Waals surface area contributed by atoms with Crippen LogP contribution in [0, 0.1) is 0 Å². The molecule has 0 saturated heterocycles. The molecule has 0 unspecified atom stereocenters. The summed E-state index contributed by atoms with van der Waals surface area (Å²) in [5.74, 6) is -1.84. The Morgan fingerprint density at radius 2 is 1.32 bits per heavy atom. The highest BCUT2D eigenvalue weighted by atomic mass is 19.4. The Kier molecular flexibility index (Phi) is 3.39. The predicted molar refractivity (Wildman–Crippen MR) is 91.2 cm³/mol. The first-order valence-corrected chi connectivity index (χ1v) is 7.67. The Hall–Kier alpha value is -3.08. The number of Topliss-reactive ketones (excluding diaryl/α,β-unsaturated/α-hetero) is 1. The van der Waals surface area contributed by atoms with Gasteiger partial charge < -0.3 is 4.57 Å². The van der Waals surface area contributed by atoms with Gasteiger partial charge in [-0.2, -0.15) is 13.2 Å². The standard InChI is InChI=1S/C20H12F3NO/c21-20(22,23)19(25)13-6-5-7-14(12-13)24-17-10-3-1-8-15(17)16-9-2-4-11-18(16)24/h1-12H. The first kappa shape index (κ1) is 15.4. The van der Waals surface area contributed by atoms with E-state index in [0.717, 1.165) is 21.8 Å². The number of alkyl halides is 3. The third-order valence-electron chi connectivity index (χ3n) is 4.20. The average molecular weight is 339 g/mol. The normalized spacial score (nSPS) is 12.0. The van der Waals surface area contributed by atoms with Gasteiger partial charge in [-0.05, 0) is 24.3 Å². The Balaban J connectivity index is 2.00. The number of halogens is 3. The number of fused-ring (bicyclic) bond motifs is 3. The van der Waals surface area contributed by atoms with E-state index >= 15 is 0 Å². The lowest BCUT2D eigenvalue weighted by Gasteiger charge is -2.10. The monoisotopic (exact) mass is 339 g/mol. The Morgan fingerprint density at radius 1 is 0.760 bits per heavy atom. The van der Waals surface area contributed by atoms with Crippen LogP contribution in [0.25, 0.3) is 27.5 Å². The summed E-state index contributed by atoms with van der Waals surface area (Å²) >= 11 is 0. The number of hydrogen-bond donors (Lipinski definition) is 0. The second kappa shape index (κ2) is 5.48. The van der Waals surface area contributed by atoms with Crippen LogP contribution in [0.4, 0.5) is 13.2 Å². The SMILES string of the molecule is O=C(c1cccc(-n2c3ccccc3c3ccccc32)c1)C(F)(F)F. The lowest BCUT2D eigenvalue weighted by molar-refractivity contribution is -0.0885. The molecular weight excluding hydrogens is 327 g/mol. The zero-order chi connectivity index (χ0) is 17.6. The number of carbonyl (C=O) groups is 1. The third kappa shape index (κ3) is 2.48. The lowest BCUT2D eigenvalue weighted by Crippen LogP contribution is -2.22. The Labute approximate surface area is 141 Å². The van der Waals surface area contributed by atoms with Crippen molar-refractivity contribution in [1.29, 1.82) is 0 Å². The molecular formula is C20H12F3NO. The number of hydrogen-bond acceptors (Lipinski definition) is 1. The molecule has 1 aromatic heterocycles. The van der Waals surface area contributed by atoms with Crippen LogP contribution in [0.5, 0.6) is 0 Å². The van der Waals surface area contributed by atoms with E-state index in [1.54, 1.807) is 6.07 Å². The number of nitrogens with zero attached hydrogens (tertiary/aromatic N) is 1. The maximum atomic E-state index is 12.8. The fourth-order valence-corrected chi connectivity index (χ4v) is 3.15. The van der Waals surface area contributed by atoms with Crippen LogP contribution in [-0.4, -0.2) is 16.5 Å². The van der Waals surface area contributed by atoms with Crippen molar-refractivity contribution in [3.05, 3.63) is 78.4 Å². The second-order valence-electron chi connectivity index (χ2n) is 5.75. The lowest BCUT2D eigenvalue weighted by atomic mass is 10.1. The van der Waals surface area contributed by atoms with Crippen LogP contribution in [0.2, 0.25) is 0 Å². The summed E-state index contributed by atoms with van der Waals surface area (Å²) in [5, 5.41) is 2.01.